The van der Waals surface area contributed by atoms with Gasteiger partial charge in [0.2, 0.25) is 0 Å². The molecule has 0 saturated carbocycles. The van der Waals surface area contributed by atoms with Gasteiger partial charge >= 0.3 is 0 Å². The zero-order valence-corrected chi connectivity index (χ0v) is 8.88. The van der Waals surface area contributed by atoms with Crippen LogP contribution < -0.4 is 5.73 Å². The minimum absolute atomic E-state index is 0.635. The molecule has 3 aromatic rings. The van der Waals surface area contributed by atoms with Crippen LogP contribution in [0.2, 0.25) is 0 Å². The lowest BCUT2D eigenvalue weighted by atomic mass is 10.2. The number of nitrogen functional groups attached to an aromatic ring is 1. The molecule has 0 radical (unpaired) electrons. The normalized spacial score (nSPS) is 10.6. The van der Waals surface area contributed by atoms with Gasteiger partial charge in [-0.1, -0.05) is 0 Å². The summed E-state index contributed by atoms with van der Waals surface area (Å²) in [7, 11) is 0. The van der Waals surface area contributed by atoms with Crippen molar-refractivity contribution in [2.75, 3.05) is 5.73 Å². The van der Waals surface area contributed by atoms with Gasteiger partial charge in [0, 0.05) is 18.1 Å². The summed E-state index contributed by atoms with van der Waals surface area (Å²) in [6.45, 7) is 0. The maximum absolute atomic E-state index is 5.86. The van der Waals surface area contributed by atoms with E-state index in [2.05, 4.69) is 25.4 Å². The summed E-state index contributed by atoms with van der Waals surface area (Å²) >= 11 is 0. The van der Waals surface area contributed by atoms with Gasteiger partial charge < -0.3 is 5.73 Å². The molecular weight excluding hydrogens is 216 g/mol. The lowest BCUT2D eigenvalue weighted by molar-refractivity contribution is 1.08. The highest BCUT2D eigenvalue weighted by Crippen LogP contribution is 2.22. The van der Waals surface area contributed by atoms with E-state index < -0.39 is 0 Å². The first kappa shape index (κ1) is 9.59. The van der Waals surface area contributed by atoms with Crippen LogP contribution in [0.15, 0.2) is 36.7 Å². The van der Waals surface area contributed by atoms with Crippen molar-refractivity contribution in [2.45, 2.75) is 0 Å². The van der Waals surface area contributed by atoms with Gasteiger partial charge in [-0.15, -0.1) is 0 Å². The van der Waals surface area contributed by atoms with Crippen molar-refractivity contribution >= 4 is 5.69 Å². The molecule has 0 aliphatic heterocycles. The first-order valence-corrected chi connectivity index (χ1v) is 5.11. The molecule has 0 saturated heterocycles. The van der Waals surface area contributed by atoms with Crippen LogP contribution in [0.1, 0.15) is 0 Å². The molecule has 6 heteroatoms. The fraction of sp³-hybridized carbons (Fsp3) is 0. The Morgan fingerprint density at radius 3 is 1.76 bits per heavy atom. The Kier molecular flexibility index (Phi) is 2.11. The topological polar surface area (TPSA) is 96.3 Å². The molecule has 0 aliphatic rings. The number of hydrogen-bond acceptors (Lipinski definition) is 4. The minimum Gasteiger partial charge on any atom is -0.399 e. The van der Waals surface area contributed by atoms with E-state index in [1.807, 2.05) is 12.1 Å². The predicted molar refractivity (Wildman–Crippen MR) is 63.8 cm³/mol. The minimum atomic E-state index is 0.635. The molecule has 0 spiro atoms. The summed E-state index contributed by atoms with van der Waals surface area (Å²) in [4.78, 5) is 4.47. The Hall–Kier alpha value is -2.63. The molecule has 6 nitrogen and oxygen atoms in total. The largest absolute Gasteiger partial charge is 0.399 e. The van der Waals surface area contributed by atoms with E-state index in [1.54, 1.807) is 24.5 Å². The molecule has 0 fully saturated rings. The quantitative estimate of drug-likeness (QED) is 0.616. The van der Waals surface area contributed by atoms with Crippen molar-refractivity contribution in [1.29, 1.82) is 0 Å². The van der Waals surface area contributed by atoms with Gasteiger partial charge in [0.15, 0.2) is 0 Å². The number of hydrogen-bond donors (Lipinski definition) is 3. The first-order chi connectivity index (χ1) is 8.33. The second kappa shape index (κ2) is 3.75. The first-order valence-electron chi connectivity index (χ1n) is 5.11. The summed E-state index contributed by atoms with van der Waals surface area (Å²) in [6, 6.07) is 7.25. The molecule has 0 aromatic carbocycles. The number of pyridine rings is 1. The molecule has 4 N–H and O–H groups in total. The Bertz CT molecular complexity index is 559. The number of nitrogens with zero attached hydrogens (tertiary/aromatic N) is 3. The van der Waals surface area contributed by atoms with Crippen molar-refractivity contribution < 1.29 is 0 Å². The number of rotatable bonds is 2. The third-order valence-corrected chi connectivity index (χ3v) is 2.37. The van der Waals surface area contributed by atoms with Gasteiger partial charge in [-0.3, -0.25) is 10.2 Å². The van der Waals surface area contributed by atoms with E-state index >= 15 is 0 Å². The Morgan fingerprint density at radius 2 is 1.35 bits per heavy atom. The number of nitrogens with two attached hydrogens (primary N) is 1. The highest BCUT2D eigenvalue weighted by Gasteiger charge is 2.08. The van der Waals surface area contributed by atoms with Gasteiger partial charge in [0.25, 0.3) is 0 Å². The molecule has 17 heavy (non-hydrogen) atoms. The lowest BCUT2D eigenvalue weighted by Gasteiger charge is -2.02. The van der Waals surface area contributed by atoms with E-state index in [1.165, 1.54) is 0 Å². The molecule has 0 amide bonds. The average molecular weight is 226 g/mol. The summed E-state index contributed by atoms with van der Waals surface area (Å²) in [5, 5.41) is 13.7. The van der Waals surface area contributed by atoms with Crippen LogP contribution in [0.25, 0.3) is 22.8 Å². The van der Waals surface area contributed by atoms with E-state index in [4.69, 9.17) is 5.73 Å². The smallest absolute Gasteiger partial charge is 0.111 e. The van der Waals surface area contributed by atoms with Gasteiger partial charge in [0.05, 0.1) is 11.4 Å². The average Bonchev–Trinajstić information content (AvgIpc) is 3.02. The van der Waals surface area contributed by atoms with Crippen molar-refractivity contribution in [2.24, 2.45) is 0 Å². The number of H-pyrrole nitrogens is 2. The predicted octanol–water partition coefficient (Wildman–Crippen LogP) is 1.44. The lowest BCUT2D eigenvalue weighted by Crippen LogP contribution is -1.93. The second-order valence-electron chi connectivity index (χ2n) is 3.59. The molecule has 0 bridgehead atoms. The standard InChI is InChI=1S/C11H10N6/c12-7-5-10(8-1-3-13-16-8)15-11(6-7)9-2-4-14-17-9/h1-6H,(H2,12,15)(H,13,16)(H,14,17). The van der Waals surface area contributed by atoms with E-state index in [9.17, 15) is 0 Å². The van der Waals surface area contributed by atoms with Crippen LogP contribution in [-0.4, -0.2) is 25.4 Å². The maximum atomic E-state index is 5.86. The zero-order chi connectivity index (χ0) is 11.7. The fourth-order valence-corrected chi connectivity index (χ4v) is 1.62. The van der Waals surface area contributed by atoms with Gasteiger partial charge in [0.1, 0.15) is 11.4 Å². The van der Waals surface area contributed by atoms with Crippen molar-refractivity contribution in [3.05, 3.63) is 36.7 Å². The van der Waals surface area contributed by atoms with Crippen LogP contribution >= 0.6 is 0 Å². The van der Waals surface area contributed by atoms with Gasteiger partial charge in [-0.2, -0.15) is 10.2 Å². The third kappa shape index (κ3) is 1.76. The highest BCUT2D eigenvalue weighted by molar-refractivity contribution is 5.67. The van der Waals surface area contributed by atoms with Crippen molar-refractivity contribution in [3.63, 3.8) is 0 Å². The van der Waals surface area contributed by atoms with Gasteiger partial charge in [-0.05, 0) is 24.3 Å². The summed E-state index contributed by atoms with van der Waals surface area (Å²) in [5.41, 5.74) is 9.46. The van der Waals surface area contributed by atoms with Gasteiger partial charge in [-0.25, -0.2) is 4.98 Å². The maximum Gasteiger partial charge on any atom is 0.111 e. The number of aromatic nitrogens is 5. The summed E-state index contributed by atoms with van der Waals surface area (Å²) in [6.07, 6.45) is 3.49. The number of nitrogens with one attached hydrogen (secondary N) is 2. The second-order valence-corrected chi connectivity index (χ2v) is 3.59. The number of anilines is 1. The van der Waals surface area contributed by atoms with Crippen molar-refractivity contribution in [3.8, 4) is 22.8 Å². The molecular formula is C11H10N6. The van der Waals surface area contributed by atoms with E-state index in [0.29, 0.717) is 5.69 Å². The van der Waals surface area contributed by atoms with Crippen LogP contribution in [0.5, 0.6) is 0 Å². The fourth-order valence-electron chi connectivity index (χ4n) is 1.62. The molecule has 3 aromatic heterocycles. The van der Waals surface area contributed by atoms with Crippen LogP contribution in [0, 0.1) is 0 Å². The molecule has 3 heterocycles. The van der Waals surface area contributed by atoms with E-state index in [0.717, 1.165) is 22.8 Å². The monoisotopic (exact) mass is 226 g/mol. The Balaban J connectivity index is 2.13. The molecule has 3 rings (SSSR count). The van der Waals surface area contributed by atoms with Crippen LogP contribution in [0.3, 0.4) is 0 Å². The molecule has 84 valence electrons. The SMILES string of the molecule is Nc1cc(-c2cc[nH]n2)nc(-c2cc[nH]n2)c1. The summed E-state index contributed by atoms with van der Waals surface area (Å²) < 4.78 is 0. The Morgan fingerprint density at radius 1 is 0.824 bits per heavy atom. The number of aromatic amines is 2. The summed E-state index contributed by atoms with van der Waals surface area (Å²) in [5.74, 6) is 0. The van der Waals surface area contributed by atoms with Crippen molar-refractivity contribution in [1.82, 2.24) is 25.4 Å². The molecule has 0 atom stereocenters. The van der Waals surface area contributed by atoms with E-state index in [-0.39, 0.29) is 0 Å². The third-order valence-electron chi connectivity index (χ3n) is 2.37. The highest BCUT2D eigenvalue weighted by atomic mass is 15.1. The zero-order valence-electron chi connectivity index (χ0n) is 8.88. The van der Waals surface area contributed by atoms with Crippen LogP contribution in [0.4, 0.5) is 5.69 Å². The van der Waals surface area contributed by atoms with Crippen LogP contribution in [-0.2, 0) is 0 Å². The molecule has 0 unspecified atom stereocenters. The molecule has 0 aliphatic carbocycles. The Labute approximate surface area is 96.9 Å².